The molecule has 1 fully saturated rings. The van der Waals surface area contributed by atoms with E-state index in [1.54, 1.807) is 18.2 Å². The van der Waals surface area contributed by atoms with Crippen LogP contribution in [0.15, 0.2) is 46.3 Å². The molecule has 0 aromatic heterocycles. The van der Waals surface area contributed by atoms with Crippen molar-refractivity contribution in [1.82, 2.24) is 5.32 Å². The summed E-state index contributed by atoms with van der Waals surface area (Å²) in [4.78, 5) is 17.2. The SMILES string of the molecule is CCOc1cc(/C=C2/SC(=Nc3ccc(CC)cc3)NC2=O)cc(Cl)c1O. The zero-order chi connectivity index (χ0) is 19.4. The lowest BCUT2D eigenvalue weighted by molar-refractivity contribution is -0.115. The maximum atomic E-state index is 12.2. The number of rotatable bonds is 5. The zero-order valence-corrected chi connectivity index (χ0v) is 16.5. The van der Waals surface area contributed by atoms with Crippen LogP contribution >= 0.6 is 23.4 Å². The normalized spacial score (nSPS) is 16.8. The molecule has 3 rings (SSSR count). The Bertz CT molecular complexity index is 924. The Morgan fingerprint density at radius 1 is 1.26 bits per heavy atom. The Hall–Kier alpha value is -2.44. The first-order chi connectivity index (χ1) is 13.0. The number of aromatic hydroxyl groups is 1. The number of aliphatic imine (C=N–C) groups is 1. The van der Waals surface area contributed by atoms with Crippen LogP contribution in [-0.2, 0) is 11.2 Å². The van der Waals surface area contributed by atoms with Crippen LogP contribution in [0.5, 0.6) is 11.5 Å². The van der Waals surface area contributed by atoms with E-state index in [0.29, 0.717) is 22.2 Å². The van der Waals surface area contributed by atoms with E-state index in [1.807, 2.05) is 31.2 Å². The molecule has 7 heteroatoms. The van der Waals surface area contributed by atoms with E-state index in [0.717, 1.165) is 12.1 Å². The number of phenols is 1. The minimum Gasteiger partial charge on any atom is -0.503 e. The van der Waals surface area contributed by atoms with Gasteiger partial charge >= 0.3 is 0 Å². The molecular weight excluding hydrogens is 384 g/mol. The lowest BCUT2D eigenvalue weighted by Crippen LogP contribution is -2.19. The molecule has 0 radical (unpaired) electrons. The van der Waals surface area contributed by atoms with Gasteiger partial charge in [0.2, 0.25) is 0 Å². The highest BCUT2D eigenvalue weighted by molar-refractivity contribution is 8.18. The first kappa shape index (κ1) is 19.3. The Morgan fingerprint density at radius 3 is 2.67 bits per heavy atom. The van der Waals surface area contributed by atoms with Crippen molar-refractivity contribution in [2.75, 3.05) is 6.61 Å². The van der Waals surface area contributed by atoms with Crippen LogP contribution in [0, 0.1) is 0 Å². The molecule has 1 aliphatic rings. The van der Waals surface area contributed by atoms with E-state index in [1.165, 1.54) is 17.3 Å². The summed E-state index contributed by atoms with van der Waals surface area (Å²) in [6, 6.07) is 11.1. The predicted octanol–water partition coefficient (Wildman–Crippen LogP) is 4.90. The second-order valence-electron chi connectivity index (χ2n) is 5.78. The number of benzene rings is 2. The lowest BCUT2D eigenvalue weighted by atomic mass is 10.2. The molecule has 1 heterocycles. The van der Waals surface area contributed by atoms with Crippen LogP contribution in [0.1, 0.15) is 25.0 Å². The summed E-state index contributed by atoms with van der Waals surface area (Å²) in [7, 11) is 0. The summed E-state index contributed by atoms with van der Waals surface area (Å²) in [6.07, 6.45) is 2.66. The number of amides is 1. The smallest absolute Gasteiger partial charge is 0.264 e. The third-order valence-corrected chi connectivity index (χ3v) is 5.07. The predicted molar refractivity (Wildman–Crippen MR) is 111 cm³/mol. The summed E-state index contributed by atoms with van der Waals surface area (Å²) in [6.45, 7) is 4.30. The van der Waals surface area contributed by atoms with Crippen molar-refractivity contribution >= 4 is 46.2 Å². The zero-order valence-electron chi connectivity index (χ0n) is 15.0. The van der Waals surface area contributed by atoms with Gasteiger partial charge in [0.1, 0.15) is 0 Å². The first-order valence-corrected chi connectivity index (χ1v) is 9.73. The fourth-order valence-corrected chi connectivity index (χ4v) is 3.56. The van der Waals surface area contributed by atoms with E-state index in [4.69, 9.17) is 16.3 Å². The minimum absolute atomic E-state index is 0.109. The monoisotopic (exact) mass is 402 g/mol. The lowest BCUT2D eigenvalue weighted by Gasteiger charge is -2.08. The Labute approximate surface area is 167 Å². The van der Waals surface area contributed by atoms with E-state index in [9.17, 15) is 9.90 Å². The van der Waals surface area contributed by atoms with Crippen LogP contribution < -0.4 is 10.1 Å². The number of ether oxygens (including phenoxy) is 1. The molecule has 5 nitrogen and oxygen atoms in total. The van der Waals surface area contributed by atoms with E-state index in [2.05, 4.69) is 17.2 Å². The van der Waals surface area contributed by atoms with Crippen LogP contribution in [0.2, 0.25) is 5.02 Å². The molecule has 0 atom stereocenters. The second kappa shape index (κ2) is 8.50. The van der Waals surface area contributed by atoms with Crippen LogP contribution in [0.4, 0.5) is 5.69 Å². The molecule has 0 aliphatic carbocycles. The summed E-state index contributed by atoms with van der Waals surface area (Å²) in [5, 5.41) is 13.4. The van der Waals surface area contributed by atoms with Crippen LogP contribution in [-0.4, -0.2) is 22.8 Å². The molecule has 27 heavy (non-hydrogen) atoms. The van der Waals surface area contributed by atoms with E-state index >= 15 is 0 Å². The molecule has 0 spiro atoms. The number of halogens is 1. The molecule has 2 aromatic rings. The highest BCUT2D eigenvalue weighted by Gasteiger charge is 2.24. The van der Waals surface area contributed by atoms with Crippen molar-refractivity contribution in [3.8, 4) is 11.5 Å². The van der Waals surface area contributed by atoms with Crippen LogP contribution in [0.25, 0.3) is 6.08 Å². The first-order valence-electron chi connectivity index (χ1n) is 8.54. The highest BCUT2D eigenvalue weighted by Crippen LogP contribution is 2.37. The molecule has 2 aromatic carbocycles. The van der Waals surface area contributed by atoms with Gasteiger partial charge in [0, 0.05) is 0 Å². The number of amidine groups is 1. The van der Waals surface area contributed by atoms with Crippen LogP contribution in [0.3, 0.4) is 0 Å². The molecule has 1 aliphatic heterocycles. The van der Waals surface area contributed by atoms with Crippen molar-refractivity contribution in [3.05, 3.63) is 57.5 Å². The van der Waals surface area contributed by atoms with Crippen molar-refractivity contribution in [2.45, 2.75) is 20.3 Å². The fourth-order valence-electron chi connectivity index (χ4n) is 2.50. The van der Waals surface area contributed by atoms with E-state index < -0.39 is 0 Å². The molecular formula is C20H19ClN2O3S. The molecule has 0 bridgehead atoms. The number of phenolic OH excluding ortho intramolecular Hbond substituents is 1. The Balaban J connectivity index is 1.83. The fraction of sp³-hybridized carbons (Fsp3) is 0.200. The Morgan fingerprint density at radius 2 is 2.00 bits per heavy atom. The molecule has 1 amide bonds. The number of nitrogens with zero attached hydrogens (tertiary/aromatic N) is 1. The van der Waals surface area contributed by atoms with Gasteiger partial charge in [-0.2, -0.15) is 0 Å². The van der Waals surface area contributed by atoms with Gasteiger partial charge in [-0.25, -0.2) is 4.99 Å². The van der Waals surface area contributed by atoms with Crippen molar-refractivity contribution < 1.29 is 14.6 Å². The summed E-state index contributed by atoms with van der Waals surface area (Å²) in [5.41, 5.74) is 2.67. The third kappa shape index (κ3) is 4.64. The maximum absolute atomic E-state index is 12.2. The average Bonchev–Trinajstić information content (AvgIpc) is 2.99. The topological polar surface area (TPSA) is 70.9 Å². The number of hydrogen-bond donors (Lipinski definition) is 2. The molecule has 2 N–H and O–H groups in total. The van der Waals surface area contributed by atoms with Gasteiger partial charge in [-0.15, -0.1) is 0 Å². The molecule has 0 saturated carbocycles. The third-order valence-electron chi connectivity index (χ3n) is 3.87. The van der Waals surface area contributed by atoms with Gasteiger partial charge in [-0.05, 0) is 66.6 Å². The van der Waals surface area contributed by atoms with Gasteiger partial charge in [0.25, 0.3) is 5.91 Å². The average molecular weight is 403 g/mol. The Kier molecular flexibility index (Phi) is 6.08. The molecule has 0 unspecified atom stereocenters. The summed E-state index contributed by atoms with van der Waals surface area (Å²) >= 11 is 7.30. The highest BCUT2D eigenvalue weighted by atomic mass is 35.5. The minimum atomic E-state index is -0.230. The largest absolute Gasteiger partial charge is 0.503 e. The summed E-state index contributed by atoms with van der Waals surface area (Å²) in [5.74, 6) is -0.0572. The molecule has 140 valence electrons. The van der Waals surface area contributed by atoms with Crippen molar-refractivity contribution in [3.63, 3.8) is 0 Å². The summed E-state index contributed by atoms with van der Waals surface area (Å²) < 4.78 is 5.37. The van der Waals surface area contributed by atoms with Gasteiger partial charge in [-0.1, -0.05) is 30.7 Å². The number of hydrogen-bond acceptors (Lipinski definition) is 5. The molecule has 1 saturated heterocycles. The standard InChI is InChI=1S/C20H19ClN2O3S/c1-3-12-5-7-14(8-6-12)22-20-23-19(25)17(27-20)11-13-9-15(21)18(24)16(10-13)26-4-2/h5-11,24H,3-4H2,1-2H3,(H,22,23,25)/b17-11+. The second-order valence-corrected chi connectivity index (χ2v) is 7.22. The van der Waals surface area contributed by atoms with Gasteiger partial charge in [0.05, 0.1) is 22.2 Å². The van der Waals surface area contributed by atoms with Crippen molar-refractivity contribution in [2.24, 2.45) is 4.99 Å². The van der Waals surface area contributed by atoms with E-state index in [-0.39, 0.29) is 22.4 Å². The van der Waals surface area contributed by atoms with Gasteiger partial charge in [-0.3, -0.25) is 4.79 Å². The number of thioether (sulfide) groups is 1. The van der Waals surface area contributed by atoms with Gasteiger partial charge in [0.15, 0.2) is 16.7 Å². The quantitative estimate of drug-likeness (QED) is 0.698. The number of carbonyl (C=O) groups is 1. The van der Waals surface area contributed by atoms with Gasteiger partial charge < -0.3 is 15.2 Å². The van der Waals surface area contributed by atoms with Crippen molar-refractivity contribution in [1.29, 1.82) is 0 Å². The number of nitrogens with one attached hydrogen (secondary N) is 1. The number of carbonyl (C=O) groups excluding carboxylic acids is 1. The maximum Gasteiger partial charge on any atom is 0.264 e. The number of aryl methyl sites for hydroxylation is 1.